The molecule has 0 bridgehead atoms. The van der Waals surface area contributed by atoms with Gasteiger partial charge in [-0.1, -0.05) is 6.42 Å². The molecule has 0 spiro atoms. The molecule has 0 aliphatic carbocycles. The zero-order valence-electron chi connectivity index (χ0n) is 71.6. The van der Waals surface area contributed by atoms with Crippen molar-refractivity contribution in [1.82, 2.24) is 53.2 Å². The fourth-order valence-electron chi connectivity index (χ4n) is 15.7. The number of fused-ring (bicyclic) bond motifs is 1. The van der Waals surface area contributed by atoms with E-state index in [1.807, 2.05) is 11.8 Å². The van der Waals surface area contributed by atoms with Gasteiger partial charge in [0.15, 0.2) is 37.7 Å². The summed E-state index contributed by atoms with van der Waals surface area (Å²) in [6, 6.07) is -9.85. The first-order valence-corrected chi connectivity index (χ1v) is 43.4. The number of carbonyl (C=O) groups excluding carboxylic acids is 9. The van der Waals surface area contributed by atoms with Crippen molar-refractivity contribution in [3.63, 3.8) is 0 Å². The second kappa shape index (κ2) is 54.3. The van der Waals surface area contributed by atoms with E-state index >= 15 is 0 Å². The topological polar surface area (TPSA) is 703 Å². The molecule has 10 amide bonds. The monoisotopic (exact) mass is 1850 g/mol. The number of amides is 10. The number of unbranched alkanes of at least 4 members (excludes halogenated alkanes) is 1. The minimum absolute atomic E-state index is 0.0140. The standard InChI is InChI=1S/C76H130N10O40S/c1-35(93)79-52-59(102)58(101)42(28-87)116-71(52)122-66-44(30-89)118-73(54(61(66)104)81-37(3)95)124-68-46(32-91)120-75(56(63(68)106)83-39(5)97)126-69-47(33-92)121-74(57(64(69)107)84-40(6)98)125-67-45(31-90)119-72(55(62(67)105)82-38(4)96)123-65-43(29-88)117-70(53(60(65)103)80-36(2)94)115-15-9-13-77-50(100)12-16-109-18-20-111-22-24-113-26-27-114-25-23-112-21-19-110-17-14-78-49(99)11-8-7-10-48-51-41(34-127-48)85-76(108)86-51/h41-48,51-75,87-92,101-107H,7-34H2,1-6H3,(H,77,100)(H,78,99)(H,79,93)(H,80,94)(H,81,95)(H,82,96)(H,83,97)(H,84,98)(H2,85,86,108)/t41-,42+,43+,44+,45+,46+,47+,48-,51-,52+,53+,54+,55+,56+,57+,58-,59+,60+,61+,62+,63+,64+,65-,66-,67-,68-,69-,70-,71+,72+,73+,74+,75+/m0/s1. The first-order chi connectivity index (χ1) is 60.8. The van der Waals surface area contributed by atoms with Crippen LogP contribution >= 0.6 is 11.8 Å². The van der Waals surface area contributed by atoms with Gasteiger partial charge in [-0.15, -0.1) is 0 Å². The van der Waals surface area contributed by atoms with Crippen molar-refractivity contribution in [2.75, 3.05) is 144 Å². The third kappa shape index (κ3) is 31.7. The molecule has 8 saturated heterocycles. The zero-order valence-corrected chi connectivity index (χ0v) is 72.4. The van der Waals surface area contributed by atoms with E-state index < -0.39 is 259 Å². The van der Waals surface area contributed by atoms with Crippen LogP contribution in [0, 0.1) is 0 Å². The second-order valence-corrected chi connectivity index (χ2v) is 32.6. The average molecular weight is 1860 g/mol. The van der Waals surface area contributed by atoms with Crippen LogP contribution in [0.4, 0.5) is 4.79 Å². The Balaban J connectivity index is 0.753. The molecule has 23 N–H and O–H groups in total. The van der Waals surface area contributed by atoms with Crippen molar-refractivity contribution in [1.29, 1.82) is 0 Å². The molecule has 8 rings (SSSR count). The van der Waals surface area contributed by atoms with Crippen LogP contribution in [-0.2, 0) is 124 Å². The van der Waals surface area contributed by atoms with Crippen molar-refractivity contribution in [2.24, 2.45) is 0 Å². The van der Waals surface area contributed by atoms with E-state index in [-0.39, 0.29) is 75.7 Å². The number of ether oxygens (including phenoxy) is 18. The minimum atomic E-state index is -2.10. The Bertz CT molecular complexity index is 3370. The summed E-state index contributed by atoms with van der Waals surface area (Å²) >= 11 is 1.86. The SMILES string of the molecule is CC(=O)N[C@H]1[C@@H](OCCCNC(=O)CCOCCOCCOCCOCCOCCOCCNC(=O)CCCC[C@@H]2SC[C@@H]3NC(=O)N[C@@H]32)O[C@H](CO)[C@H](O[C@H]2O[C@H](CO)[C@H](O[C@H]3O[C@H](CO)[C@H](O[C@H]4O[C@H](CO)[C@H](O[C@H]5O[C@H](CO)[C@H](O[C@H]6O[C@H](CO)[C@H](O)[C@H](O)[C@H]6NC(C)=O)[C@H](O)[C@H]5NC(C)=O)[C@H](O)[C@H]4NC(C)=O)[C@H](O)[C@H]3NC(C)=O)[C@H](O)[C@H]2NC(C)=O)[C@@H]1O. The van der Waals surface area contributed by atoms with Crippen LogP contribution in [0.2, 0.25) is 0 Å². The predicted molar refractivity (Wildman–Crippen MR) is 427 cm³/mol. The van der Waals surface area contributed by atoms with Gasteiger partial charge >= 0.3 is 6.03 Å². The van der Waals surface area contributed by atoms with Gasteiger partial charge in [0.05, 0.1) is 138 Å². The number of carbonyl (C=O) groups is 9. The molecule has 33 atom stereocenters. The highest BCUT2D eigenvalue weighted by Gasteiger charge is 2.59. The summed E-state index contributed by atoms with van der Waals surface area (Å²) in [6.07, 6.45) is -40.4. The van der Waals surface area contributed by atoms with Gasteiger partial charge in [-0.25, -0.2) is 4.79 Å². The Morgan fingerprint density at radius 3 is 0.992 bits per heavy atom. The molecule has 50 nitrogen and oxygen atoms in total. The molecule has 730 valence electrons. The van der Waals surface area contributed by atoms with Gasteiger partial charge in [0.25, 0.3) is 0 Å². The lowest BCUT2D eigenvalue weighted by Gasteiger charge is -2.51. The largest absolute Gasteiger partial charge is 0.394 e. The maximum atomic E-state index is 13.0. The van der Waals surface area contributed by atoms with E-state index in [0.717, 1.165) is 66.6 Å². The van der Waals surface area contributed by atoms with E-state index in [1.54, 1.807) is 0 Å². The normalized spacial score (nSPS) is 36.0. The highest BCUT2D eigenvalue weighted by molar-refractivity contribution is 8.00. The molecule has 0 unspecified atom stereocenters. The molecule has 0 aromatic carbocycles. The zero-order chi connectivity index (χ0) is 92.6. The Morgan fingerprint density at radius 1 is 0.346 bits per heavy atom. The highest BCUT2D eigenvalue weighted by Crippen LogP contribution is 2.39. The van der Waals surface area contributed by atoms with Gasteiger partial charge in [-0.05, 0) is 19.3 Å². The summed E-state index contributed by atoms with van der Waals surface area (Å²) in [5.41, 5.74) is 0. The van der Waals surface area contributed by atoms with Crippen LogP contribution in [0.1, 0.15) is 80.1 Å². The molecule has 8 heterocycles. The fraction of sp³-hybridized carbons (Fsp3) is 0.882. The number of aliphatic hydroxyl groups excluding tert-OH is 13. The Morgan fingerprint density at radius 2 is 0.646 bits per heavy atom. The van der Waals surface area contributed by atoms with E-state index in [4.69, 9.17) is 85.3 Å². The van der Waals surface area contributed by atoms with Crippen LogP contribution in [0.5, 0.6) is 0 Å². The van der Waals surface area contributed by atoms with Gasteiger partial charge in [-0.2, -0.15) is 11.8 Å². The van der Waals surface area contributed by atoms with E-state index in [9.17, 15) is 110 Å². The number of hydrogen-bond donors (Lipinski definition) is 23. The summed E-state index contributed by atoms with van der Waals surface area (Å²) in [5, 5.41) is 173. The van der Waals surface area contributed by atoms with E-state index in [0.29, 0.717) is 77.7 Å². The van der Waals surface area contributed by atoms with Crippen molar-refractivity contribution in [3.8, 4) is 0 Å². The Hall–Kier alpha value is -5.86. The third-order valence-corrected chi connectivity index (χ3v) is 23.2. The number of hydrogen-bond acceptors (Lipinski definition) is 41. The van der Waals surface area contributed by atoms with Crippen molar-refractivity contribution in [3.05, 3.63) is 0 Å². The van der Waals surface area contributed by atoms with Gasteiger partial charge in [0, 0.05) is 78.5 Å². The minimum Gasteiger partial charge on any atom is -0.394 e. The lowest BCUT2D eigenvalue weighted by atomic mass is 9.92. The molecule has 0 saturated carbocycles. The van der Waals surface area contributed by atoms with Crippen molar-refractivity contribution in [2.45, 2.75) is 281 Å². The van der Waals surface area contributed by atoms with Gasteiger partial charge in [-0.3, -0.25) is 38.4 Å². The summed E-state index contributed by atoms with van der Waals surface area (Å²) in [6.45, 7) is 4.46. The second-order valence-electron chi connectivity index (χ2n) is 31.4. The van der Waals surface area contributed by atoms with Gasteiger partial charge < -0.3 is 205 Å². The van der Waals surface area contributed by atoms with Crippen molar-refractivity contribution >= 4 is 65.1 Å². The Labute approximate surface area is 736 Å². The quantitative estimate of drug-likeness (QED) is 0.0199. The molecule has 51 heteroatoms. The molecular formula is C76H130N10O40S. The van der Waals surface area contributed by atoms with Gasteiger partial charge in [0.1, 0.15) is 146 Å². The molecule has 127 heavy (non-hydrogen) atoms. The lowest BCUT2D eigenvalue weighted by Crippen LogP contribution is -2.72. The summed E-state index contributed by atoms with van der Waals surface area (Å²) in [4.78, 5) is 113. The van der Waals surface area contributed by atoms with Gasteiger partial charge in [0.2, 0.25) is 47.3 Å². The summed E-state index contributed by atoms with van der Waals surface area (Å²) < 4.78 is 106. The fourth-order valence-corrected chi connectivity index (χ4v) is 17.2. The molecule has 0 aromatic rings. The molecule has 0 radical (unpaired) electrons. The Kier molecular flexibility index (Phi) is 45.6. The van der Waals surface area contributed by atoms with Crippen LogP contribution in [0.15, 0.2) is 0 Å². The first-order valence-electron chi connectivity index (χ1n) is 42.4. The van der Waals surface area contributed by atoms with Crippen LogP contribution < -0.4 is 53.2 Å². The summed E-state index contributed by atoms with van der Waals surface area (Å²) in [5.74, 6) is -4.24. The lowest BCUT2D eigenvalue weighted by molar-refractivity contribution is -0.370. The number of aliphatic hydroxyl groups is 13. The van der Waals surface area contributed by atoms with E-state index in [2.05, 4.69) is 53.2 Å². The van der Waals surface area contributed by atoms with Crippen LogP contribution in [0.3, 0.4) is 0 Å². The van der Waals surface area contributed by atoms with Crippen molar-refractivity contribution < 1.29 is 195 Å². The maximum absolute atomic E-state index is 13.0. The summed E-state index contributed by atoms with van der Waals surface area (Å²) in [7, 11) is 0. The molecule has 8 aliphatic rings. The average Bonchev–Trinajstić information content (AvgIpc) is 1.65. The molecule has 8 fully saturated rings. The van der Waals surface area contributed by atoms with Crippen LogP contribution in [-0.4, -0.2) is 465 Å². The molecular weight excluding hydrogens is 1720 g/mol. The number of urea groups is 1. The number of thioether (sulfide) groups is 1. The predicted octanol–water partition coefficient (Wildman–Crippen LogP) is -12.4. The molecule has 8 aliphatic heterocycles. The highest BCUT2D eigenvalue weighted by atomic mass is 32.2. The first kappa shape index (κ1) is 106. The maximum Gasteiger partial charge on any atom is 0.315 e. The van der Waals surface area contributed by atoms with Crippen LogP contribution in [0.25, 0.3) is 0 Å². The smallest absolute Gasteiger partial charge is 0.315 e. The third-order valence-electron chi connectivity index (χ3n) is 21.7. The molecule has 0 aromatic heterocycles. The number of nitrogens with one attached hydrogen (secondary N) is 10. The van der Waals surface area contributed by atoms with E-state index in [1.165, 1.54) is 0 Å². The number of rotatable bonds is 53.